The van der Waals surface area contributed by atoms with E-state index in [1.54, 1.807) is 0 Å². The molecule has 0 heterocycles. The predicted octanol–water partition coefficient (Wildman–Crippen LogP) is -3.55. The predicted molar refractivity (Wildman–Crippen MR) is 13.2 cm³/mol. The van der Waals surface area contributed by atoms with Crippen LogP contribution in [0.5, 0.6) is 0 Å². The minimum Gasteiger partial charge on any atom is -0.870 e. The molecule has 0 aromatic rings. The summed E-state index contributed by atoms with van der Waals surface area (Å²) >= 11 is 0. The van der Waals surface area contributed by atoms with Crippen LogP contribution in [0.25, 0.3) is 0 Å². The molecule has 6 heavy (non-hydrogen) atoms. The van der Waals surface area contributed by atoms with Crippen LogP contribution in [0.3, 0.4) is 0 Å². The number of nitriles is 1. The van der Waals surface area contributed by atoms with Gasteiger partial charge in [-0.2, -0.15) is 6.29 Å². The van der Waals surface area contributed by atoms with E-state index in [9.17, 15) is 0 Å². The Hall–Kier alpha value is 0.756. The van der Waals surface area contributed by atoms with Gasteiger partial charge in [0.25, 0.3) is 0 Å². The molecule has 0 aliphatic heterocycles. The summed E-state index contributed by atoms with van der Waals surface area (Å²) in [4.78, 5) is 8.69. The zero-order valence-corrected chi connectivity index (χ0v) is 6.43. The van der Waals surface area contributed by atoms with Crippen molar-refractivity contribution in [3.05, 3.63) is 0 Å². The molecule has 0 fully saturated rings. The van der Waals surface area contributed by atoms with Crippen molar-refractivity contribution >= 4 is 6.29 Å². The molecule has 0 unspecified atom stereocenters. The second-order valence-electron chi connectivity index (χ2n) is 0.214. The van der Waals surface area contributed by atoms with E-state index in [1.807, 2.05) is 0 Å². The van der Waals surface area contributed by atoms with Crippen LogP contribution in [0.1, 0.15) is 0 Å². The molecule has 28 valence electrons. The van der Waals surface area contributed by atoms with Crippen LogP contribution in [0.4, 0.5) is 0 Å². The third kappa shape index (κ3) is 21.8. The van der Waals surface area contributed by atoms with Crippen molar-refractivity contribution in [2.75, 3.05) is 0 Å². The Labute approximate surface area is 78.1 Å². The molecule has 0 radical (unpaired) electrons. The number of hydrogen-bond donors (Lipinski definition) is 0. The molecule has 0 saturated carbocycles. The van der Waals surface area contributed by atoms with Gasteiger partial charge < -0.3 is 10.3 Å². The van der Waals surface area contributed by atoms with Crippen molar-refractivity contribution in [2.24, 2.45) is 0 Å². The normalized spacial score (nSPS) is 2.50. The first-order valence-electron chi connectivity index (χ1n) is 0.678. The maximum atomic E-state index is 8.69. The SMILES string of the molecule is N#C[C-]=O.[K+].[OH-]. The summed E-state index contributed by atoms with van der Waals surface area (Å²) in [7, 11) is 0. The minimum atomic E-state index is 0. The zero-order chi connectivity index (χ0) is 3.41. The molecule has 0 amide bonds. The topological polar surface area (TPSA) is 70.9 Å². The van der Waals surface area contributed by atoms with Crippen LogP contribution in [0, 0.1) is 11.3 Å². The van der Waals surface area contributed by atoms with Gasteiger partial charge in [-0.15, -0.1) is 0 Å². The van der Waals surface area contributed by atoms with Gasteiger partial charge in [-0.3, -0.25) is 0 Å². The van der Waals surface area contributed by atoms with Gasteiger partial charge in [-0.05, 0) is 0 Å². The quantitative estimate of drug-likeness (QED) is 0.184. The van der Waals surface area contributed by atoms with Crippen LogP contribution in [0.15, 0.2) is 0 Å². The van der Waals surface area contributed by atoms with E-state index in [0.29, 0.717) is 0 Å². The maximum Gasteiger partial charge on any atom is 1.00 e. The average Bonchev–Trinajstić information content (AvgIpc) is 1.37. The van der Waals surface area contributed by atoms with Gasteiger partial charge in [-0.25, -0.2) is 5.26 Å². The van der Waals surface area contributed by atoms with Crippen LogP contribution < -0.4 is 51.4 Å². The van der Waals surface area contributed by atoms with Crippen LogP contribution in [0.2, 0.25) is 0 Å². The Kier molecular flexibility index (Phi) is 45.3. The molecule has 0 aliphatic rings. The average molecular weight is 110 g/mol. The smallest absolute Gasteiger partial charge is 0.870 e. The second kappa shape index (κ2) is 17.1. The molecule has 0 atom stereocenters. The summed E-state index contributed by atoms with van der Waals surface area (Å²) in [5.41, 5.74) is 0. The van der Waals surface area contributed by atoms with Gasteiger partial charge in [-0.1, -0.05) is 6.07 Å². The minimum absolute atomic E-state index is 0. The van der Waals surface area contributed by atoms with Crippen LogP contribution >= 0.6 is 0 Å². The van der Waals surface area contributed by atoms with Crippen molar-refractivity contribution in [1.82, 2.24) is 0 Å². The van der Waals surface area contributed by atoms with E-state index in [-0.39, 0.29) is 56.9 Å². The monoisotopic (exact) mass is 110 g/mol. The van der Waals surface area contributed by atoms with E-state index in [1.165, 1.54) is 0 Å². The number of nitrogens with zero attached hydrogens (tertiary/aromatic N) is 1. The number of carbonyl (C=O) groups excluding carboxylic acids is 1. The molecule has 4 heteroatoms. The van der Waals surface area contributed by atoms with Gasteiger partial charge >= 0.3 is 51.4 Å². The molecular weight excluding hydrogens is 109 g/mol. The molecule has 0 rings (SSSR count). The zero-order valence-electron chi connectivity index (χ0n) is 3.30. The molecular formula is C2HKNO2-. The van der Waals surface area contributed by atoms with Gasteiger partial charge in [0.2, 0.25) is 0 Å². The second-order valence-corrected chi connectivity index (χ2v) is 0.214. The molecule has 0 bridgehead atoms. The molecule has 0 aromatic heterocycles. The first-order chi connectivity index (χ1) is 1.91. The van der Waals surface area contributed by atoms with Gasteiger partial charge in [0.15, 0.2) is 0 Å². The Morgan fingerprint density at radius 3 is 1.83 bits per heavy atom. The first kappa shape index (κ1) is 15.9. The number of hydrogen-bond acceptors (Lipinski definition) is 3. The third-order valence-electron chi connectivity index (χ3n) is 0.0456. The molecule has 0 aliphatic carbocycles. The largest absolute Gasteiger partial charge is 1.00 e. The van der Waals surface area contributed by atoms with Crippen molar-refractivity contribution < 1.29 is 61.7 Å². The fourth-order valence-electron chi connectivity index (χ4n) is 0. The standard InChI is InChI=1S/C2NO.K.H2O/c3-1-2-4;;/h;;1H2/q-1;+1;/p-1. The van der Waals surface area contributed by atoms with Crippen LogP contribution in [-0.4, -0.2) is 11.8 Å². The van der Waals surface area contributed by atoms with Gasteiger partial charge in [0.1, 0.15) is 0 Å². The van der Waals surface area contributed by atoms with E-state index in [0.717, 1.165) is 12.4 Å². The molecule has 3 nitrogen and oxygen atoms in total. The summed E-state index contributed by atoms with van der Waals surface area (Å²) in [6.07, 6.45) is 0.986. The fourth-order valence-corrected chi connectivity index (χ4v) is 0. The van der Waals surface area contributed by atoms with Crippen molar-refractivity contribution in [2.45, 2.75) is 0 Å². The maximum absolute atomic E-state index is 8.69. The van der Waals surface area contributed by atoms with Gasteiger partial charge in [0.05, 0.1) is 0 Å². The molecule has 1 N–H and O–H groups in total. The number of rotatable bonds is 0. The first-order valence-corrected chi connectivity index (χ1v) is 0.678. The van der Waals surface area contributed by atoms with Crippen molar-refractivity contribution in [3.8, 4) is 6.07 Å². The van der Waals surface area contributed by atoms with Gasteiger partial charge in [0, 0.05) is 0 Å². The van der Waals surface area contributed by atoms with E-state index < -0.39 is 0 Å². The summed E-state index contributed by atoms with van der Waals surface area (Å²) in [5.74, 6) is 0. The molecule has 0 aromatic carbocycles. The molecule has 0 saturated heterocycles. The Balaban J connectivity index is -0.0000000450. The summed E-state index contributed by atoms with van der Waals surface area (Å²) < 4.78 is 0. The summed E-state index contributed by atoms with van der Waals surface area (Å²) in [6, 6.07) is 1.12. The van der Waals surface area contributed by atoms with Crippen LogP contribution in [-0.2, 0) is 4.79 Å². The van der Waals surface area contributed by atoms with E-state index in [4.69, 9.17) is 10.1 Å². The molecule has 0 spiro atoms. The van der Waals surface area contributed by atoms with Crippen molar-refractivity contribution in [1.29, 1.82) is 5.26 Å². The van der Waals surface area contributed by atoms with Crippen molar-refractivity contribution in [3.63, 3.8) is 0 Å². The Bertz CT molecular complexity index is 57.1. The Morgan fingerprint density at radius 2 is 1.83 bits per heavy atom. The summed E-state index contributed by atoms with van der Waals surface area (Å²) in [6.45, 7) is 0. The third-order valence-corrected chi connectivity index (χ3v) is 0.0456. The summed E-state index contributed by atoms with van der Waals surface area (Å²) in [5, 5.41) is 7.20. The fraction of sp³-hybridized carbons (Fsp3) is 0. The van der Waals surface area contributed by atoms with E-state index >= 15 is 0 Å². The Morgan fingerprint density at radius 1 is 1.67 bits per heavy atom. The van der Waals surface area contributed by atoms with E-state index in [2.05, 4.69) is 0 Å².